The minimum atomic E-state index is -1.05. The molecule has 34 heavy (non-hydrogen) atoms. The fourth-order valence-electron chi connectivity index (χ4n) is 4.02. The Bertz CT molecular complexity index is 1310. The molecule has 0 saturated heterocycles. The van der Waals surface area contributed by atoms with E-state index in [2.05, 4.69) is 10.1 Å². The van der Waals surface area contributed by atoms with Gasteiger partial charge in [0.25, 0.3) is 0 Å². The van der Waals surface area contributed by atoms with E-state index in [-0.39, 0.29) is 18.0 Å². The monoisotopic (exact) mass is 481 g/mol. The molecule has 176 valence electrons. The zero-order valence-electron chi connectivity index (χ0n) is 19.0. The number of benzene rings is 2. The Morgan fingerprint density at radius 1 is 1.09 bits per heavy atom. The molecule has 2 aromatic carbocycles. The third-order valence-corrected chi connectivity index (χ3v) is 6.05. The van der Waals surface area contributed by atoms with Crippen molar-refractivity contribution in [2.75, 3.05) is 14.2 Å². The minimum absolute atomic E-state index is 0.174. The summed E-state index contributed by atoms with van der Waals surface area (Å²) in [5.41, 5.74) is 3.89. The normalized spacial score (nSPS) is 15.4. The van der Waals surface area contributed by atoms with Crippen molar-refractivity contribution in [1.29, 1.82) is 0 Å². The second-order valence-corrected chi connectivity index (χ2v) is 8.39. The molecule has 1 atom stereocenters. The molecule has 1 amide bonds. The molecule has 0 spiro atoms. The number of aromatic nitrogens is 1. The third kappa shape index (κ3) is 4.68. The molecule has 0 fully saturated rings. The zero-order chi connectivity index (χ0) is 24.4. The van der Waals surface area contributed by atoms with Gasteiger partial charge in [-0.2, -0.15) is 5.10 Å². The number of carbonyl (C=O) groups excluding carboxylic acids is 1. The van der Waals surface area contributed by atoms with E-state index in [1.54, 1.807) is 26.4 Å². The van der Waals surface area contributed by atoms with Crippen molar-refractivity contribution < 1.29 is 24.2 Å². The number of rotatable bonds is 7. The predicted molar refractivity (Wildman–Crippen MR) is 129 cm³/mol. The molecule has 0 bridgehead atoms. The Labute approximate surface area is 201 Å². The Hall–Kier alpha value is -3.65. The second-order valence-electron chi connectivity index (χ2n) is 8.03. The maximum absolute atomic E-state index is 13.0. The zero-order valence-corrected chi connectivity index (χ0v) is 19.8. The molecular weight excluding hydrogens is 458 g/mol. The number of carbonyl (C=O) groups is 2. The molecule has 4 rings (SSSR count). The van der Waals surface area contributed by atoms with Crippen molar-refractivity contribution >= 4 is 40.1 Å². The Balaban J connectivity index is 1.76. The number of aliphatic carboxylic acids is 1. The van der Waals surface area contributed by atoms with Crippen molar-refractivity contribution in [2.45, 2.75) is 32.2 Å². The van der Waals surface area contributed by atoms with Gasteiger partial charge in [0.05, 0.1) is 37.9 Å². The third-order valence-electron chi connectivity index (χ3n) is 5.75. The maximum atomic E-state index is 13.0. The van der Waals surface area contributed by atoms with Crippen LogP contribution in [-0.4, -0.2) is 46.9 Å². The lowest BCUT2D eigenvalue weighted by molar-refractivity contribution is -0.141. The largest absolute Gasteiger partial charge is 0.493 e. The fraction of sp³-hybridized carbons (Fsp3) is 0.280. The minimum Gasteiger partial charge on any atom is -0.493 e. The number of pyridine rings is 1. The van der Waals surface area contributed by atoms with Gasteiger partial charge in [0.2, 0.25) is 5.91 Å². The van der Waals surface area contributed by atoms with E-state index in [1.807, 2.05) is 37.3 Å². The van der Waals surface area contributed by atoms with Gasteiger partial charge in [0.1, 0.15) is 5.15 Å². The van der Waals surface area contributed by atoms with Crippen LogP contribution in [0, 0.1) is 6.92 Å². The first-order valence-corrected chi connectivity index (χ1v) is 11.1. The first-order chi connectivity index (χ1) is 16.3. The summed E-state index contributed by atoms with van der Waals surface area (Å²) >= 11 is 6.57. The molecule has 2 heterocycles. The highest BCUT2D eigenvalue weighted by atomic mass is 35.5. The van der Waals surface area contributed by atoms with Crippen LogP contribution in [0.25, 0.3) is 10.9 Å². The molecule has 1 aliphatic heterocycles. The van der Waals surface area contributed by atoms with Gasteiger partial charge in [-0.1, -0.05) is 23.2 Å². The first kappa shape index (κ1) is 23.5. The maximum Gasteiger partial charge on any atom is 0.303 e. The molecule has 1 aliphatic rings. The van der Waals surface area contributed by atoms with Crippen LogP contribution >= 0.6 is 11.6 Å². The summed E-state index contributed by atoms with van der Waals surface area (Å²) in [5, 5.41) is 16.2. The number of nitrogens with zero attached hydrogens (tertiary/aromatic N) is 3. The number of ether oxygens (including phenoxy) is 2. The number of carboxylic acid groups (broad SMARTS) is 1. The van der Waals surface area contributed by atoms with Crippen molar-refractivity contribution in [1.82, 2.24) is 9.99 Å². The van der Waals surface area contributed by atoms with Crippen molar-refractivity contribution in [3.8, 4) is 11.5 Å². The summed E-state index contributed by atoms with van der Waals surface area (Å²) in [5.74, 6) is -0.332. The lowest BCUT2D eigenvalue weighted by Crippen LogP contribution is -2.27. The number of methoxy groups -OCH3 is 2. The van der Waals surface area contributed by atoms with Gasteiger partial charge in [0, 0.05) is 29.4 Å². The first-order valence-electron chi connectivity index (χ1n) is 10.7. The molecule has 9 heteroatoms. The van der Waals surface area contributed by atoms with Gasteiger partial charge in [-0.15, -0.1) is 0 Å². The average molecular weight is 482 g/mol. The molecule has 8 nitrogen and oxygen atoms in total. The van der Waals surface area contributed by atoms with Crippen LogP contribution in [0.4, 0.5) is 0 Å². The van der Waals surface area contributed by atoms with Gasteiger partial charge in [-0.25, -0.2) is 9.99 Å². The number of hydrogen-bond donors (Lipinski definition) is 1. The molecule has 0 saturated carbocycles. The Morgan fingerprint density at radius 3 is 2.56 bits per heavy atom. The standard InChI is InChI=1S/C25H24ClN3O5/c1-14-4-6-18-16(10-14)11-17(25(26)27-18)20-13-19(28-29(20)23(30)8-9-24(31)32)15-5-7-21(33-2)22(12-15)34-3/h4-7,10-12,20H,8-9,13H2,1-3H3,(H,31,32)/t20-/m1/s1. The summed E-state index contributed by atoms with van der Waals surface area (Å²) in [6.07, 6.45) is -0.0779. The van der Waals surface area contributed by atoms with E-state index in [0.29, 0.717) is 29.2 Å². The highest BCUT2D eigenvalue weighted by Crippen LogP contribution is 2.39. The van der Waals surface area contributed by atoms with Crippen molar-refractivity contribution in [3.63, 3.8) is 0 Å². The van der Waals surface area contributed by atoms with Crippen molar-refractivity contribution in [2.24, 2.45) is 5.10 Å². The second kappa shape index (κ2) is 9.69. The molecule has 0 radical (unpaired) electrons. The number of hydrazone groups is 1. The number of hydrogen-bond acceptors (Lipinski definition) is 6. The van der Waals surface area contributed by atoms with Crippen molar-refractivity contribution in [3.05, 3.63) is 64.3 Å². The molecule has 1 N–H and O–H groups in total. The van der Waals surface area contributed by atoms with Gasteiger partial charge in [0.15, 0.2) is 11.5 Å². The highest BCUT2D eigenvalue weighted by Gasteiger charge is 2.35. The Morgan fingerprint density at radius 2 is 1.85 bits per heavy atom. The summed E-state index contributed by atoms with van der Waals surface area (Å²) in [7, 11) is 3.10. The number of halogens is 1. The molecule has 0 aliphatic carbocycles. The highest BCUT2D eigenvalue weighted by molar-refractivity contribution is 6.30. The van der Waals surface area contributed by atoms with E-state index in [0.717, 1.165) is 22.0 Å². The number of amides is 1. The van der Waals surface area contributed by atoms with E-state index in [1.165, 1.54) is 5.01 Å². The summed E-state index contributed by atoms with van der Waals surface area (Å²) in [4.78, 5) is 28.6. The van der Waals surface area contributed by atoms with Crippen LogP contribution in [0.2, 0.25) is 5.15 Å². The topological polar surface area (TPSA) is 101 Å². The molecule has 0 unspecified atom stereocenters. The van der Waals surface area contributed by atoms with E-state index in [4.69, 9.17) is 26.2 Å². The lowest BCUT2D eigenvalue weighted by atomic mass is 9.97. The van der Waals surface area contributed by atoms with Gasteiger partial charge in [-0.3, -0.25) is 9.59 Å². The summed E-state index contributed by atoms with van der Waals surface area (Å²) in [6, 6.07) is 12.7. The molecular formula is C25H24ClN3O5. The number of aryl methyl sites for hydroxylation is 1. The quantitative estimate of drug-likeness (QED) is 0.488. The van der Waals surface area contributed by atoms with Gasteiger partial charge in [-0.05, 0) is 43.3 Å². The SMILES string of the molecule is COc1ccc(C2=NN(C(=O)CCC(=O)O)[C@@H](c3cc4cc(C)ccc4nc3Cl)C2)cc1OC. The van der Waals surface area contributed by atoms with Crippen LogP contribution < -0.4 is 9.47 Å². The van der Waals surface area contributed by atoms with Gasteiger partial charge >= 0.3 is 5.97 Å². The van der Waals surface area contributed by atoms with E-state index in [9.17, 15) is 9.59 Å². The number of fused-ring (bicyclic) bond motifs is 1. The summed E-state index contributed by atoms with van der Waals surface area (Å²) in [6.45, 7) is 1.99. The molecule has 1 aromatic heterocycles. The van der Waals surface area contributed by atoms with Crippen LogP contribution in [0.15, 0.2) is 47.6 Å². The Kier molecular flexibility index (Phi) is 6.70. The van der Waals surface area contributed by atoms with Crippen LogP contribution in [0.3, 0.4) is 0 Å². The van der Waals surface area contributed by atoms with E-state index < -0.39 is 17.9 Å². The fourth-order valence-corrected chi connectivity index (χ4v) is 4.30. The van der Waals surface area contributed by atoms with Crippen LogP contribution in [0.1, 0.15) is 42.0 Å². The molecule has 3 aromatic rings. The van der Waals surface area contributed by atoms with Crippen LogP contribution in [-0.2, 0) is 9.59 Å². The van der Waals surface area contributed by atoms with E-state index >= 15 is 0 Å². The lowest BCUT2D eigenvalue weighted by Gasteiger charge is -2.23. The number of carboxylic acids is 1. The average Bonchev–Trinajstić information content (AvgIpc) is 3.27. The smallest absolute Gasteiger partial charge is 0.303 e. The van der Waals surface area contributed by atoms with Crippen LogP contribution in [0.5, 0.6) is 11.5 Å². The predicted octanol–water partition coefficient (Wildman–Crippen LogP) is 4.76. The summed E-state index contributed by atoms with van der Waals surface area (Å²) < 4.78 is 10.7. The van der Waals surface area contributed by atoms with Gasteiger partial charge < -0.3 is 14.6 Å².